The fourth-order valence-electron chi connectivity index (χ4n) is 1.19. The van der Waals surface area contributed by atoms with Crippen molar-refractivity contribution in [2.45, 2.75) is 6.92 Å². The van der Waals surface area contributed by atoms with E-state index in [1.807, 2.05) is 6.92 Å². The van der Waals surface area contributed by atoms with Crippen molar-refractivity contribution in [3.05, 3.63) is 40.5 Å². The number of pyridine rings is 1. The largest absolute Gasteiger partial charge is 0.287 e. The zero-order valence-corrected chi connectivity index (χ0v) is 8.92. The summed E-state index contributed by atoms with van der Waals surface area (Å²) in [5.74, 6) is 1.48. The van der Waals surface area contributed by atoms with Crippen molar-refractivity contribution in [1.29, 1.82) is 0 Å². The number of nitrogens with zero attached hydrogens (tertiary/aromatic N) is 3. The van der Waals surface area contributed by atoms with Crippen molar-refractivity contribution >= 4 is 23.2 Å². The maximum absolute atomic E-state index is 6.00. The van der Waals surface area contributed by atoms with E-state index >= 15 is 0 Å². The fourth-order valence-corrected chi connectivity index (χ4v) is 1.66. The maximum Gasteiger partial charge on any atom is 0.156 e. The summed E-state index contributed by atoms with van der Waals surface area (Å²) in [4.78, 5) is 8.23. The Morgan fingerprint density at radius 2 is 2.07 bits per heavy atom. The number of aryl methyl sites for hydroxylation is 1. The van der Waals surface area contributed by atoms with Crippen LogP contribution in [-0.2, 0) is 0 Å². The summed E-state index contributed by atoms with van der Waals surface area (Å²) in [7, 11) is 0. The van der Waals surface area contributed by atoms with Gasteiger partial charge in [0.05, 0.1) is 10.0 Å². The summed E-state index contributed by atoms with van der Waals surface area (Å²) in [5, 5.41) is 1.04. The van der Waals surface area contributed by atoms with Crippen LogP contribution in [0, 0.1) is 6.92 Å². The maximum atomic E-state index is 6.00. The highest BCUT2D eigenvalue weighted by molar-refractivity contribution is 6.35. The summed E-state index contributed by atoms with van der Waals surface area (Å²) in [6.07, 6.45) is 5.06. The van der Waals surface area contributed by atoms with Gasteiger partial charge in [0.25, 0.3) is 0 Å². The lowest BCUT2D eigenvalue weighted by atomic mass is 10.4. The predicted octanol–water partition coefficient (Wildman–Crippen LogP) is 2.88. The van der Waals surface area contributed by atoms with Gasteiger partial charge in [0.15, 0.2) is 5.82 Å². The topological polar surface area (TPSA) is 30.7 Å². The Morgan fingerprint density at radius 3 is 2.64 bits per heavy atom. The number of halogens is 2. The normalized spacial score (nSPS) is 10.5. The fraction of sp³-hybridized carbons (Fsp3) is 0.111. The van der Waals surface area contributed by atoms with E-state index in [1.165, 1.54) is 0 Å². The van der Waals surface area contributed by atoms with E-state index < -0.39 is 0 Å². The molecule has 3 nitrogen and oxygen atoms in total. The van der Waals surface area contributed by atoms with Crippen molar-refractivity contribution in [3.63, 3.8) is 0 Å². The third kappa shape index (κ3) is 1.61. The molecule has 0 unspecified atom stereocenters. The summed E-state index contributed by atoms with van der Waals surface area (Å²) >= 11 is 11.7. The summed E-state index contributed by atoms with van der Waals surface area (Å²) in [6.45, 7) is 1.88. The Kier molecular flexibility index (Phi) is 2.44. The van der Waals surface area contributed by atoms with Crippen molar-refractivity contribution in [2.24, 2.45) is 0 Å². The van der Waals surface area contributed by atoms with Gasteiger partial charge >= 0.3 is 0 Å². The minimum atomic E-state index is 0.513. The zero-order chi connectivity index (χ0) is 10.1. The average molecular weight is 228 g/mol. The zero-order valence-electron chi connectivity index (χ0n) is 7.41. The van der Waals surface area contributed by atoms with Gasteiger partial charge < -0.3 is 0 Å². The number of imidazole rings is 1. The molecule has 2 rings (SSSR count). The van der Waals surface area contributed by atoms with Crippen LogP contribution in [0.15, 0.2) is 24.7 Å². The van der Waals surface area contributed by atoms with Gasteiger partial charge in [-0.05, 0) is 13.0 Å². The minimum absolute atomic E-state index is 0.513. The van der Waals surface area contributed by atoms with Crippen LogP contribution in [0.3, 0.4) is 0 Å². The smallest absolute Gasteiger partial charge is 0.156 e. The molecule has 72 valence electrons. The minimum Gasteiger partial charge on any atom is -0.287 e. The Labute approximate surface area is 91.3 Å². The molecule has 0 aliphatic heterocycles. The van der Waals surface area contributed by atoms with E-state index in [-0.39, 0.29) is 0 Å². The number of rotatable bonds is 1. The van der Waals surface area contributed by atoms with Gasteiger partial charge in [0.1, 0.15) is 5.82 Å². The van der Waals surface area contributed by atoms with Crippen molar-refractivity contribution < 1.29 is 0 Å². The molecule has 2 aromatic rings. The molecule has 0 aromatic carbocycles. The SMILES string of the molecule is Cc1nccn1-c1ncc(Cl)cc1Cl. The van der Waals surface area contributed by atoms with Crippen LogP contribution in [0.2, 0.25) is 10.0 Å². The summed E-state index contributed by atoms with van der Waals surface area (Å²) in [5.41, 5.74) is 0. The second-order valence-corrected chi connectivity index (χ2v) is 3.65. The second-order valence-electron chi connectivity index (χ2n) is 2.80. The van der Waals surface area contributed by atoms with Gasteiger partial charge in [-0.1, -0.05) is 23.2 Å². The standard InChI is InChI=1S/C9H7Cl2N3/c1-6-12-2-3-14(6)9-8(11)4-7(10)5-13-9/h2-5H,1H3. The molecular formula is C9H7Cl2N3. The van der Waals surface area contributed by atoms with E-state index in [4.69, 9.17) is 23.2 Å². The molecule has 0 saturated heterocycles. The molecule has 2 heterocycles. The third-order valence-electron chi connectivity index (χ3n) is 1.84. The average Bonchev–Trinajstić information content (AvgIpc) is 2.52. The molecule has 0 aliphatic rings. The lowest BCUT2D eigenvalue weighted by Crippen LogP contribution is -1.99. The molecule has 0 atom stereocenters. The van der Waals surface area contributed by atoms with Gasteiger partial charge in [-0.2, -0.15) is 0 Å². The van der Waals surface area contributed by atoms with Gasteiger partial charge in [-0.25, -0.2) is 9.97 Å². The summed E-state index contributed by atoms with van der Waals surface area (Å²) in [6, 6.07) is 1.66. The molecule has 0 N–H and O–H groups in total. The van der Waals surface area contributed by atoms with E-state index in [0.29, 0.717) is 15.9 Å². The Morgan fingerprint density at radius 1 is 1.29 bits per heavy atom. The molecule has 0 radical (unpaired) electrons. The first-order valence-corrected chi connectivity index (χ1v) is 4.75. The predicted molar refractivity (Wildman–Crippen MR) is 56.1 cm³/mol. The molecule has 5 heteroatoms. The quantitative estimate of drug-likeness (QED) is 0.751. The van der Waals surface area contributed by atoms with E-state index in [2.05, 4.69) is 9.97 Å². The third-order valence-corrected chi connectivity index (χ3v) is 2.33. The lowest BCUT2D eigenvalue weighted by molar-refractivity contribution is 0.933. The van der Waals surface area contributed by atoms with Crippen molar-refractivity contribution in [2.75, 3.05) is 0 Å². The van der Waals surface area contributed by atoms with Crippen LogP contribution in [0.5, 0.6) is 0 Å². The monoisotopic (exact) mass is 227 g/mol. The van der Waals surface area contributed by atoms with Crippen LogP contribution in [0.1, 0.15) is 5.82 Å². The highest BCUT2D eigenvalue weighted by atomic mass is 35.5. The molecule has 0 amide bonds. The first-order chi connectivity index (χ1) is 6.68. The Bertz CT molecular complexity index is 465. The van der Waals surface area contributed by atoms with Crippen molar-refractivity contribution in [3.8, 4) is 5.82 Å². The molecule has 14 heavy (non-hydrogen) atoms. The van der Waals surface area contributed by atoms with Gasteiger partial charge in [0, 0.05) is 18.6 Å². The van der Waals surface area contributed by atoms with Crippen LogP contribution in [-0.4, -0.2) is 14.5 Å². The highest BCUT2D eigenvalue weighted by Gasteiger charge is 2.06. The number of aromatic nitrogens is 3. The number of hydrogen-bond donors (Lipinski definition) is 0. The van der Waals surface area contributed by atoms with Crippen LogP contribution in [0.4, 0.5) is 0 Å². The van der Waals surface area contributed by atoms with Crippen LogP contribution < -0.4 is 0 Å². The molecule has 2 aromatic heterocycles. The highest BCUT2D eigenvalue weighted by Crippen LogP contribution is 2.22. The van der Waals surface area contributed by atoms with Crippen LogP contribution in [0.25, 0.3) is 5.82 Å². The van der Waals surface area contributed by atoms with Gasteiger partial charge in [-0.15, -0.1) is 0 Å². The molecule has 0 saturated carbocycles. The molecule has 0 aliphatic carbocycles. The van der Waals surface area contributed by atoms with E-state index in [9.17, 15) is 0 Å². The van der Waals surface area contributed by atoms with Crippen molar-refractivity contribution in [1.82, 2.24) is 14.5 Å². The van der Waals surface area contributed by atoms with Gasteiger partial charge in [-0.3, -0.25) is 4.57 Å². The molecular weight excluding hydrogens is 221 g/mol. The van der Waals surface area contributed by atoms with Crippen LogP contribution >= 0.6 is 23.2 Å². The first-order valence-electron chi connectivity index (χ1n) is 4.00. The Balaban J connectivity index is 2.58. The van der Waals surface area contributed by atoms with Gasteiger partial charge in [0.2, 0.25) is 0 Å². The molecule has 0 fully saturated rings. The molecule has 0 spiro atoms. The Hall–Kier alpha value is -1.06. The first kappa shape index (κ1) is 9.49. The molecule has 0 bridgehead atoms. The van der Waals surface area contributed by atoms with E-state index in [0.717, 1.165) is 5.82 Å². The second kappa shape index (κ2) is 3.59. The lowest BCUT2D eigenvalue weighted by Gasteiger charge is -2.05. The number of hydrogen-bond acceptors (Lipinski definition) is 2. The summed E-state index contributed by atoms with van der Waals surface area (Å²) < 4.78 is 1.80. The van der Waals surface area contributed by atoms with E-state index in [1.54, 1.807) is 29.2 Å².